The molecule has 0 spiro atoms. The van der Waals surface area contributed by atoms with Crippen LogP contribution >= 0.6 is 0 Å². The number of nitrogens with one attached hydrogen (secondary N) is 1. The summed E-state index contributed by atoms with van der Waals surface area (Å²) in [6.07, 6.45) is 9.39. The van der Waals surface area contributed by atoms with Crippen molar-refractivity contribution < 1.29 is 8.42 Å². The number of rotatable bonds is 6. The van der Waals surface area contributed by atoms with Crippen molar-refractivity contribution in [2.75, 3.05) is 24.7 Å². The SMILES string of the molecule is CC(C)Nc1cc(-n2ncc3cc(C#N)cnc32)ncc1-c1cn(C2CCN(S(C)(=O)=O)CC2)nn1. The summed E-state index contributed by atoms with van der Waals surface area (Å²) in [4.78, 5) is 9.01. The van der Waals surface area contributed by atoms with Gasteiger partial charge in [0.05, 0.1) is 30.3 Å². The van der Waals surface area contributed by atoms with Crippen LogP contribution in [0.15, 0.2) is 36.9 Å². The molecule has 0 radical (unpaired) electrons. The van der Waals surface area contributed by atoms with Gasteiger partial charge in [-0.3, -0.25) is 0 Å². The molecule has 4 aromatic rings. The summed E-state index contributed by atoms with van der Waals surface area (Å²) < 4.78 is 28.6. The van der Waals surface area contributed by atoms with Gasteiger partial charge in [-0.25, -0.2) is 27.4 Å². The molecule has 0 saturated carbocycles. The predicted molar refractivity (Wildman–Crippen MR) is 134 cm³/mol. The van der Waals surface area contributed by atoms with Crippen molar-refractivity contribution in [3.8, 4) is 23.1 Å². The van der Waals surface area contributed by atoms with Gasteiger partial charge in [0.2, 0.25) is 10.0 Å². The van der Waals surface area contributed by atoms with Gasteiger partial charge in [0.15, 0.2) is 11.5 Å². The Morgan fingerprint density at radius 1 is 1.14 bits per heavy atom. The Morgan fingerprint density at radius 2 is 1.92 bits per heavy atom. The molecule has 13 heteroatoms. The average molecular weight is 507 g/mol. The zero-order valence-electron chi connectivity index (χ0n) is 20.2. The number of nitriles is 1. The molecule has 0 amide bonds. The van der Waals surface area contributed by atoms with Crippen LogP contribution in [0.25, 0.3) is 28.1 Å². The third kappa shape index (κ3) is 4.65. The first-order chi connectivity index (χ1) is 17.2. The molecule has 0 bridgehead atoms. The molecule has 1 N–H and O–H groups in total. The van der Waals surface area contributed by atoms with E-state index in [2.05, 4.69) is 36.8 Å². The van der Waals surface area contributed by atoms with Gasteiger partial charge in [-0.05, 0) is 32.8 Å². The fourth-order valence-corrected chi connectivity index (χ4v) is 5.24. The normalized spacial score (nSPS) is 15.4. The zero-order chi connectivity index (χ0) is 25.4. The molecule has 0 unspecified atom stereocenters. The Hall–Kier alpha value is -3.89. The highest BCUT2D eigenvalue weighted by Crippen LogP contribution is 2.30. The van der Waals surface area contributed by atoms with Crippen molar-refractivity contribution in [3.05, 3.63) is 42.5 Å². The lowest BCUT2D eigenvalue weighted by Gasteiger charge is -2.29. The first-order valence-corrected chi connectivity index (χ1v) is 13.5. The van der Waals surface area contributed by atoms with Crippen LogP contribution in [0.5, 0.6) is 0 Å². The lowest BCUT2D eigenvalue weighted by atomic mass is 10.1. The van der Waals surface area contributed by atoms with E-state index >= 15 is 0 Å². The minimum atomic E-state index is -3.18. The summed E-state index contributed by atoms with van der Waals surface area (Å²) in [7, 11) is -3.18. The van der Waals surface area contributed by atoms with E-state index in [0.717, 1.165) is 16.6 Å². The third-order valence-electron chi connectivity index (χ3n) is 6.14. The largest absolute Gasteiger partial charge is 0.382 e. The van der Waals surface area contributed by atoms with Crippen molar-refractivity contribution in [2.45, 2.75) is 38.8 Å². The van der Waals surface area contributed by atoms with Gasteiger partial charge in [-0.2, -0.15) is 15.0 Å². The molecule has 1 aliphatic heterocycles. The molecule has 1 saturated heterocycles. The summed E-state index contributed by atoms with van der Waals surface area (Å²) in [5, 5.41) is 26.5. The number of aromatic nitrogens is 7. The van der Waals surface area contributed by atoms with Crippen LogP contribution in [-0.4, -0.2) is 72.9 Å². The fraction of sp³-hybridized carbons (Fsp3) is 0.391. The molecule has 36 heavy (non-hydrogen) atoms. The monoisotopic (exact) mass is 506 g/mol. The van der Waals surface area contributed by atoms with Crippen molar-refractivity contribution in [2.24, 2.45) is 0 Å². The second kappa shape index (κ2) is 9.29. The smallest absolute Gasteiger partial charge is 0.211 e. The van der Waals surface area contributed by atoms with Crippen molar-refractivity contribution in [1.82, 2.24) is 39.0 Å². The van der Waals surface area contributed by atoms with Crippen LogP contribution in [0, 0.1) is 11.3 Å². The number of piperidine rings is 1. The summed E-state index contributed by atoms with van der Waals surface area (Å²) in [6, 6.07) is 5.96. The number of hydrogen-bond donors (Lipinski definition) is 1. The maximum atomic E-state index is 11.8. The lowest BCUT2D eigenvalue weighted by Crippen LogP contribution is -2.38. The highest BCUT2D eigenvalue weighted by molar-refractivity contribution is 7.88. The van der Waals surface area contributed by atoms with Crippen LogP contribution < -0.4 is 5.32 Å². The van der Waals surface area contributed by atoms with Gasteiger partial charge in [0, 0.05) is 54.2 Å². The van der Waals surface area contributed by atoms with Crippen molar-refractivity contribution >= 4 is 26.7 Å². The molecule has 1 aliphatic rings. The van der Waals surface area contributed by atoms with Gasteiger partial charge in [0.25, 0.3) is 0 Å². The highest BCUT2D eigenvalue weighted by atomic mass is 32.2. The summed E-state index contributed by atoms with van der Waals surface area (Å²) in [5.41, 5.74) is 3.37. The second-order valence-electron chi connectivity index (χ2n) is 9.17. The number of nitrogens with zero attached hydrogens (tertiary/aromatic N) is 9. The molecular weight excluding hydrogens is 480 g/mol. The maximum Gasteiger partial charge on any atom is 0.211 e. The number of fused-ring (bicyclic) bond motifs is 1. The summed E-state index contributed by atoms with van der Waals surface area (Å²) >= 11 is 0. The second-order valence-corrected chi connectivity index (χ2v) is 11.2. The van der Waals surface area contributed by atoms with Crippen LogP contribution in [-0.2, 0) is 10.0 Å². The van der Waals surface area contributed by atoms with E-state index in [1.54, 1.807) is 23.1 Å². The Kier molecular flexibility index (Phi) is 6.15. The van der Waals surface area contributed by atoms with Crippen molar-refractivity contribution in [1.29, 1.82) is 5.26 Å². The highest BCUT2D eigenvalue weighted by Gasteiger charge is 2.27. The fourth-order valence-electron chi connectivity index (χ4n) is 4.36. The van der Waals surface area contributed by atoms with Crippen LogP contribution in [0.4, 0.5) is 5.69 Å². The van der Waals surface area contributed by atoms with Gasteiger partial charge < -0.3 is 5.32 Å². The summed E-state index contributed by atoms with van der Waals surface area (Å²) in [6.45, 7) is 5.03. The Bertz CT molecular complexity index is 1560. The number of pyridine rings is 2. The van der Waals surface area contributed by atoms with Gasteiger partial charge in [-0.1, -0.05) is 5.21 Å². The molecule has 0 aromatic carbocycles. The topological polar surface area (TPSA) is 148 Å². The van der Waals surface area contributed by atoms with E-state index in [0.29, 0.717) is 48.7 Å². The Labute approximate surface area is 208 Å². The number of sulfonamides is 1. The van der Waals surface area contributed by atoms with E-state index < -0.39 is 10.0 Å². The van der Waals surface area contributed by atoms with E-state index in [-0.39, 0.29) is 12.1 Å². The molecule has 4 aromatic heterocycles. The molecule has 0 aliphatic carbocycles. The third-order valence-corrected chi connectivity index (χ3v) is 7.44. The molecule has 0 atom stereocenters. The van der Waals surface area contributed by atoms with Crippen LogP contribution in [0.1, 0.15) is 38.3 Å². The minimum absolute atomic E-state index is 0.0813. The minimum Gasteiger partial charge on any atom is -0.382 e. The number of hydrogen-bond acceptors (Lipinski definition) is 9. The quantitative estimate of drug-likeness (QED) is 0.416. The molecule has 5 rings (SSSR count). The number of anilines is 1. The van der Waals surface area contributed by atoms with Gasteiger partial charge >= 0.3 is 0 Å². The average Bonchev–Trinajstić information content (AvgIpc) is 3.50. The Balaban J connectivity index is 1.45. The summed E-state index contributed by atoms with van der Waals surface area (Å²) in [5.74, 6) is 0.578. The van der Waals surface area contributed by atoms with E-state index in [4.69, 9.17) is 5.26 Å². The lowest BCUT2D eigenvalue weighted by molar-refractivity contribution is 0.259. The molecule has 5 heterocycles. The Morgan fingerprint density at radius 3 is 2.61 bits per heavy atom. The van der Waals surface area contributed by atoms with Crippen LogP contribution in [0.3, 0.4) is 0 Å². The van der Waals surface area contributed by atoms with Gasteiger partial charge in [-0.15, -0.1) is 5.10 Å². The molecule has 12 nitrogen and oxygen atoms in total. The van der Waals surface area contributed by atoms with E-state index in [1.807, 2.05) is 30.8 Å². The molecular formula is C23H26N10O2S. The first-order valence-electron chi connectivity index (χ1n) is 11.6. The standard InChI is InChI=1S/C23H26N10O2S/c1-15(2)28-20-9-22(33-23-17(12-27-33)8-16(10-24)11-26-23)25-13-19(20)21-14-32(30-29-21)18-4-6-31(7-5-18)36(3,34)35/h8-9,11-15,18H,4-7H2,1-3H3,(H,25,28). The molecule has 1 fully saturated rings. The van der Waals surface area contributed by atoms with Crippen LogP contribution in [0.2, 0.25) is 0 Å². The first kappa shape index (κ1) is 23.8. The predicted octanol–water partition coefficient (Wildman–Crippen LogP) is 2.36. The molecule has 186 valence electrons. The van der Waals surface area contributed by atoms with Crippen molar-refractivity contribution in [3.63, 3.8) is 0 Å². The van der Waals surface area contributed by atoms with Gasteiger partial charge in [0.1, 0.15) is 11.8 Å². The van der Waals surface area contributed by atoms with E-state index in [1.165, 1.54) is 16.8 Å². The maximum absolute atomic E-state index is 11.8. The van der Waals surface area contributed by atoms with E-state index in [9.17, 15) is 8.42 Å². The zero-order valence-corrected chi connectivity index (χ0v) is 21.0.